The molecule has 0 saturated heterocycles. The molecule has 9 heteroatoms. The number of hydrogen-bond acceptors (Lipinski definition) is 4. The molecule has 0 aliphatic heterocycles. The number of halogens is 2. The van der Waals surface area contributed by atoms with E-state index in [0.29, 0.717) is 0 Å². The molecule has 1 aromatic carbocycles. The summed E-state index contributed by atoms with van der Waals surface area (Å²) in [5, 5.41) is 17.8. The smallest absolute Gasteiger partial charge is 0.294 e. The van der Waals surface area contributed by atoms with Gasteiger partial charge in [-0.1, -0.05) is 11.6 Å². The highest BCUT2D eigenvalue weighted by Gasteiger charge is 2.17. The molecule has 0 radical (unpaired) electrons. The summed E-state index contributed by atoms with van der Waals surface area (Å²) in [6.07, 6.45) is 1.66. The van der Waals surface area contributed by atoms with Gasteiger partial charge < -0.3 is 5.32 Å². The van der Waals surface area contributed by atoms with Crippen molar-refractivity contribution < 1.29 is 9.72 Å². The zero-order valence-corrected chi connectivity index (χ0v) is 13.2. The average molecular weight is 374 g/mol. The second kappa shape index (κ2) is 6.23. The highest BCUT2D eigenvalue weighted by molar-refractivity contribution is 9.10. The molecule has 110 valence electrons. The SMILES string of the molecule is Cc1nn(CC(=O)Nc2ccc(Cl)cc2[N+](=O)[O-])cc1Br. The second-order valence-corrected chi connectivity index (χ2v) is 5.52. The lowest BCUT2D eigenvalue weighted by atomic mass is 10.2. The number of aryl methyl sites for hydroxylation is 1. The van der Waals surface area contributed by atoms with Crippen LogP contribution in [0, 0.1) is 17.0 Å². The number of anilines is 1. The zero-order chi connectivity index (χ0) is 15.6. The summed E-state index contributed by atoms with van der Waals surface area (Å²) in [4.78, 5) is 22.3. The summed E-state index contributed by atoms with van der Waals surface area (Å²) in [5.74, 6) is -0.421. The Balaban J connectivity index is 2.14. The van der Waals surface area contributed by atoms with Gasteiger partial charge in [-0.3, -0.25) is 19.6 Å². The van der Waals surface area contributed by atoms with Crippen molar-refractivity contribution in [2.75, 3.05) is 5.32 Å². The molecule has 2 aromatic rings. The Labute approximate surface area is 133 Å². The Morgan fingerprint density at radius 1 is 1.57 bits per heavy atom. The predicted molar refractivity (Wildman–Crippen MR) is 81.4 cm³/mol. The van der Waals surface area contributed by atoms with Gasteiger partial charge in [0, 0.05) is 17.3 Å². The summed E-state index contributed by atoms with van der Waals surface area (Å²) in [7, 11) is 0. The van der Waals surface area contributed by atoms with Gasteiger partial charge >= 0.3 is 0 Å². The van der Waals surface area contributed by atoms with Crippen LogP contribution in [0.25, 0.3) is 0 Å². The average Bonchev–Trinajstić information content (AvgIpc) is 2.70. The summed E-state index contributed by atoms with van der Waals surface area (Å²) in [5.41, 5.74) is 0.589. The normalized spacial score (nSPS) is 10.4. The molecule has 2 rings (SSSR count). The van der Waals surface area contributed by atoms with Crippen molar-refractivity contribution in [3.8, 4) is 0 Å². The molecule has 1 aromatic heterocycles. The first kappa shape index (κ1) is 15.5. The Morgan fingerprint density at radius 3 is 2.86 bits per heavy atom. The number of benzene rings is 1. The fraction of sp³-hybridized carbons (Fsp3) is 0.167. The molecular weight excluding hydrogens is 364 g/mol. The number of amides is 1. The number of carbonyl (C=O) groups excluding carboxylic acids is 1. The van der Waals surface area contributed by atoms with E-state index in [9.17, 15) is 14.9 Å². The third kappa shape index (κ3) is 3.79. The van der Waals surface area contributed by atoms with E-state index in [2.05, 4.69) is 26.3 Å². The monoisotopic (exact) mass is 372 g/mol. The van der Waals surface area contributed by atoms with Crippen LogP contribution in [0.3, 0.4) is 0 Å². The minimum atomic E-state index is -0.601. The first-order valence-electron chi connectivity index (χ1n) is 5.80. The predicted octanol–water partition coefficient (Wildman–Crippen LogP) is 3.15. The van der Waals surface area contributed by atoms with Crippen LogP contribution < -0.4 is 5.32 Å². The Kier molecular flexibility index (Phi) is 4.59. The van der Waals surface area contributed by atoms with E-state index in [0.717, 1.165) is 10.2 Å². The molecule has 1 heterocycles. The number of aromatic nitrogens is 2. The molecule has 0 aliphatic carbocycles. The third-order valence-corrected chi connectivity index (χ3v) is 3.64. The van der Waals surface area contributed by atoms with Crippen molar-refractivity contribution in [3.63, 3.8) is 0 Å². The van der Waals surface area contributed by atoms with E-state index in [1.54, 1.807) is 13.1 Å². The lowest BCUT2D eigenvalue weighted by molar-refractivity contribution is -0.383. The summed E-state index contributed by atoms with van der Waals surface area (Å²) in [6.45, 7) is 1.74. The number of nitrogens with zero attached hydrogens (tertiary/aromatic N) is 3. The molecule has 0 unspecified atom stereocenters. The van der Waals surface area contributed by atoms with Crippen LogP contribution in [0.1, 0.15) is 5.69 Å². The molecule has 1 amide bonds. The van der Waals surface area contributed by atoms with Gasteiger partial charge in [0.2, 0.25) is 5.91 Å². The van der Waals surface area contributed by atoms with Gasteiger partial charge in [0.1, 0.15) is 12.2 Å². The molecule has 0 atom stereocenters. The van der Waals surface area contributed by atoms with Crippen molar-refractivity contribution in [3.05, 3.63) is 49.7 Å². The van der Waals surface area contributed by atoms with Gasteiger partial charge in [0.25, 0.3) is 5.69 Å². The highest BCUT2D eigenvalue weighted by atomic mass is 79.9. The topological polar surface area (TPSA) is 90.1 Å². The second-order valence-electron chi connectivity index (χ2n) is 4.23. The number of rotatable bonds is 4. The van der Waals surface area contributed by atoms with Gasteiger partial charge in [-0.05, 0) is 35.0 Å². The lowest BCUT2D eigenvalue weighted by Gasteiger charge is -2.06. The molecule has 1 N–H and O–H groups in total. The quantitative estimate of drug-likeness (QED) is 0.658. The largest absolute Gasteiger partial charge is 0.319 e. The van der Waals surface area contributed by atoms with Gasteiger partial charge in [0.05, 0.1) is 15.1 Å². The van der Waals surface area contributed by atoms with Crippen LogP contribution in [0.5, 0.6) is 0 Å². The first-order chi connectivity index (χ1) is 9.86. The van der Waals surface area contributed by atoms with E-state index in [-0.39, 0.29) is 22.9 Å². The molecule has 0 saturated carbocycles. The Hall–Kier alpha value is -1.93. The number of carbonyl (C=O) groups is 1. The Morgan fingerprint density at radius 2 is 2.29 bits per heavy atom. The Bertz CT molecular complexity index is 697. The van der Waals surface area contributed by atoms with Crippen molar-refractivity contribution in [1.29, 1.82) is 0 Å². The van der Waals surface area contributed by atoms with E-state index >= 15 is 0 Å². The standard InChI is InChI=1S/C12H10BrClN4O3/c1-7-9(13)5-17(16-7)6-12(19)15-10-3-2-8(14)4-11(10)18(20)21/h2-5H,6H2,1H3,(H,15,19). The summed E-state index contributed by atoms with van der Waals surface area (Å²) in [6, 6.07) is 4.05. The molecule has 0 aliphatic rings. The van der Waals surface area contributed by atoms with Gasteiger partial charge in [0.15, 0.2) is 0 Å². The fourth-order valence-electron chi connectivity index (χ4n) is 1.67. The fourth-order valence-corrected chi connectivity index (χ4v) is 2.15. The first-order valence-corrected chi connectivity index (χ1v) is 6.97. The minimum absolute atomic E-state index is 0.0494. The van der Waals surface area contributed by atoms with E-state index in [1.165, 1.54) is 22.9 Å². The maximum atomic E-state index is 11.9. The molecule has 0 fully saturated rings. The minimum Gasteiger partial charge on any atom is -0.319 e. The summed E-state index contributed by atoms with van der Waals surface area (Å²) < 4.78 is 2.23. The maximum Gasteiger partial charge on any atom is 0.294 e. The van der Waals surface area contributed by atoms with Crippen molar-refractivity contribution in [2.24, 2.45) is 0 Å². The highest BCUT2D eigenvalue weighted by Crippen LogP contribution is 2.27. The number of nitro groups is 1. The van der Waals surface area contributed by atoms with Gasteiger partial charge in [-0.15, -0.1) is 0 Å². The zero-order valence-electron chi connectivity index (χ0n) is 10.8. The van der Waals surface area contributed by atoms with Gasteiger partial charge in [-0.25, -0.2) is 0 Å². The van der Waals surface area contributed by atoms with E-state index in [1.807, 2.05) is 0 Å². The van der Waals surface area contributed by atoms with Crippen LogP contribution >= 0.6 is 27.5 Å². The molecule has 0 spiro atoms. The lowest BCUT2D eigenvalue weighted by Crippen LogP contribution is -2.19. The van der Waals surface area contributed by atoms with Crippen LogP contribution in [0.4, 0.5) is 11.4 Å². The molecule has 7 nitrogen and oxygen atoms in total. The van der Waals surface area contributed by atoms with Crippen molar-refractivity contribution in [2.45, 2.75) is 13.5 Å². The van der Waals surface area contributed by atoms with E-state index in [4.69, 9.17) is 11.6 Å². The maximum absolute atomic E-state index is 11.9. The molecular formula is C12H10BrClN4O3. The van der Waals surface area contributed by atoms with Crippen LogP contribution in [-0.4, -0.2) is 20.6 Å². The number of nitrogens with one attached hydrogen (secondary N) is 1. The van der Waals surface area contributed by atoms with Crippen LogP contribution in [-0.2, 0) is 11.3 Å². The van der Waals surface area contributed by atoms with Gasteiger partial charge in [-0.2, -0.15) is 5.10 Å². The van der Waals surface area contributed by atoms with Crippen molar-refractivity contribution in [1.82, 2.24) is 9.78 Å². The van der Waals surface area contributed by atoms with E-state index < -0.39 is 10.8 Å². The van der Waals surface area contributed by atoms with Crippen LogP contribution in [0.15, 0.2) is 28.9 Å². The van der Waals surface area contributed by atoms with Crippen LogP contribution in [0.2, 0.25) is 5.02 Å². The molecule has 0 bridgehead atoms. The number of nitro benzene ring substituents is 1. The summed E-state index contributed by atoms with van der Waals surface area (Å²) >= 11 is 9.00. The third-order valence-electron chi connectivity index (χ3n) is 2.62. The van der Waals surface area contributed by atoms with Crippen molar-refractivity contribution >= 4 is 44.8 Å². The molecule has 21 heavy (non-hydrogen) atoms. The number of hydrogen-bond donors (Lipinski definition) is 1.